The van der Waals surface area contributed by atoms with Crippen LogP contribution in [0.4, 0.5) is 0 Å². The molecule has 0 aromatic heterocycles. The Morgan fingerprint density at radius 2 is 1.77 bits per heavy atom. The second-order valence-corrected chi connectivity index (χ2v) is 4.15. The molecule has 0 saturated carbocycles. The Morgan fingerprint density at radius 3 is 2.15 bits per heavy atom. The third-order valence-electron chi connectivity index (χ3n) is 3.11. The van der Waals surface area contributed by atoms with Gasteiger partial charge in [0.1, 0.15) is 5.78 Å². The average Bonchev–Trinajstić information content (AvgIpc) is 2.16. The van der Waals surface area contributed by atoms with Crippen molar-refractivity contribution in [3.8, 4) is 0 Å². The minimum absolute atomic E-state index is 0.0378. The highest BCUT2D eigenvalue weighted by Gasteiger charge is 2.28. The summed E-state index contributed by atoms with van der Waals surface area (Å²) in [6.45, 7) is 8.41. The quantitative estimate of drug-likeness (QED) is 0.547. The highest BCUT2D eigenvalue weighted by molar-refractivity contribution is 5.84. The average molecular weight is 184 g/mol. The lowest BCUT2D eigenvalue weighted by molar-refractivity contribution is -0.128. The fourth-order valence-electron chi connectivity index (χ4n) is 1.71. The van der Waals surface area contributed by atoms with E-state index >= 15 is 0 Å². The van der Waals surface area contributed by atoms with Crippen LogP contribution in [0.25, 0.3) is 0 Å². The zero-order chi connectivity index (χ0) is 10.3. The first-order valence-corrected chi connectivity index (χ1v) is 5.64. The molecule has 0 aromatic rings. The molecule has 0 aliphatic rings. The summed E-state index contributed by atoms with van der Waals surface area (Å²) in [5, 5.41) is 0. The largest absolute Gasteiger partial charge is 0.299 e. The van der Waals surface area contributed by atoms with E-state index in [0.717, 1.165) is 12.8 Å². The highest BCUT2D eigenvalue weighted by Crippen LogP contribution is 2.30. The van der Waals surface area contributed by atoms with Crippen LogP contribution in [0.3, 0.4) is 0 Å². The van der Waals surface area contributed by atoms with Crippen molar-refractivity contribution in [1.29, 1.82) is 0 Å². The Bertz CT molecular complexity index is 151. The molecule has 1 nitrogen and oxygen atoms in total. The van der Waals surface area contributed by atoms with Crippen LogP contribution >= 0.6 is 0 Å². The van der Waals surface area contributed by atoms with Gasteiger partial charge in [-0.1, -0.05) is 47.0 Å². The molecule has 0 amide bonds. The molecular formula is C12H24O. The predicted octanol–water partition coefficient (Wildman–Crippen LogP) is 3.96. The number of Topliss-reactive ketones (excluding diaryl/α,β-unsaturated/α-hetero) is 1. The van der Waals surface area contributed by atoms with Crippen LogP contribution in [0.2, 0.25) is 0 Å². The molecule has 0 heterocycles. The molecule has 0 radical (unpaired) electrons. The molecule has 1 atom stereocenters. The van der Waals surface area contributed by atoms with E-state index in [9.17, 15) is 4.79 Å². The van der Waals surface area contributed by atoms with Crippen LogP contribution in [-0.4, -0.2) is 5.78 Å². The number of rotatable bonds is 7. The van der Waals surface area contributed by atoms with Gasteiger partial charge in [-0.2, -0.15) is 0 Å². The summed E-state index contributed by atoms with van der Waals surface area (Å²) in [5.74, 6) is 0.436. The van der Waals surface area contributed by atoms with Gasteiger partial charge in [0.25, 0.3) is 0 Å². The van der Waals surface area contributed by atoms with Gasteiger partial charge in [0.15, 0.2) is 0 Å². The van der Waals surface area contributed by atoms with Gasteiger partial charge in [0.05, 0.1) is 0 Å². The molecular weight excluding hydrogens is 160 g/mol. The third-order valence-corrected chi connectivity index (χ3v) is 3.11. The molecule has 0 spiro atoms. The minimum atomic E-state index is -0.0378. The lowest BCUT2D eigenvalue weighted by atomic mass is 9.77. The SMILES string of the molecule is CCCCCC(C)(CC)C(=O)CC. The molecule has 0 saturated heterocycles. The van der Waals surface area contributed by atoms with Crippen molar-refractivity contribution in [2.24, 2.45) is 5.41 Å². The van der Waals surface area contributed by atoms with Crippen molar-refractivity contribution in [1.82, 2.24) is 0 Å². The Kier molecular flexibility index (Phi) is 6.02. The molecule has 78 valence electrons. The minimum Gasteiger partial charge on any atom is -0.299 e. The fourth-order valence-corrected chi connectivity index (χ4v) is 1.71. The zero-order valence-corrected chi connectivity index (χ0v) is 9.65. The topological polar surface area (TPSA) is 17.1 Å². The van der Waals surface area contributed by atoms with Gasteiger partial charge < -0.3 is 0 Å². The number of hydrogen-bond donors (Lipinski definition) is 0. The third kappa shape index (κ3) is 3.93. The van der Waals surface area contributed by atoms with Crippen molar-refractivity contribution in [3.63, 3.8) is 0 Å². The molecule has 0 rings (SSSR count). The van der Waals surface area contributed by atoms with Crippen LogP contribution in [-0.2, 0) is 4.79 Å². The normalized spacial score (nSPS) is 15.4. The summed E-state index contributed by atoms with van der Waals surface area (Å²) in [7, 11) is 0. The molecule has 1 unspecified atom stereocenters. The fraction of sp³-hybridized carbons (Fsp3) is 0.917. The van der Waals surface area contributed by atoms with Crippen LogP contribution in [0.15, 0.2) is 0 Å². The monoisotopic (exact) mass is 184 g/mol. The lowest BCUT2D eigenvalue weighted by Crippen LogP contribution is -2.26. The number of carbonyl (C=O) groups excluding carboxylic acids is 1. The molecule has 0 N–H and O–H groups in total. The van der Waals surface area contributed by atoms with Gasteiger partial charge >= 0.3 is 0 Å². The maximum atomic E-state index is 11.7. The number of hydrogen-bond acceptors (Lipinski definition) is 1. The summed E-state index contributed by atoms with van der Waals surface area (Å²) in [6, 6.07) is 0. The van der Waals surface area contributed by atoms with Gasteiger partial charge in [-0.15, -0.1) is 0 Å². The van der Waals surface area contributed by atoms with Crippen molar-refractivity contribution < 1.29 is 4.79 Å². The Hall–Kier alpha value is -0.330. The molecule has 0 bridgehead atoms. The summed E-state index contributed by atoms with van der Waals surface area (Å²) in [5.41, 5.74) is -0.0378. The van der Waals surface area contributed by atoms with Gasteiger partial charge in [-0.05, 0) is 12.8 Å². The molecule has 0 aliphatic carbocycles. The molecule has 0 aromatic carbocycles. The van der Waals surface area contributed by atoms with E-state index < -0.39 is 0 Å². The maximum Gasteiger partial charge on any atom is 0.138 e. The highest BCUT2D eigenvalue weighted by atomic mass is 16.1. The standard InChI is InChI=1S/C12H24O/c1-5-8-9-10-12(4,7-3)11(13)6-2/h5-10H2,1-4H3. The van der Waals surface area contributed by atoms with E-state index in [0.29, 0.717) is 12.2 Å². The molecule has 13 heavy (non-hydrogen) atoms. The van der Waals surface area contributed by atoms with E-state index in [-0.39, 0.29) is 5.41 Å². The Morgan fingerprint density at radius 1 is 1.15 bits per heavy atom. The number of carbonyl (C=O) groups is 1. The Balaban J connectivity index is 4.03. The van der Waals surface area contributed by atoms with Crippen molar-refractivity contribution in [2.45, 2.75) is 66.2 Å². The van der Waals surface area contributed by atoms with Gasteiger partial charge in [-0.25, -0.2) is 0 Å². The van der Waals surface area contributed by atoms with Crippen LogP contribution < -0.4 is 0 Å². The van der Waals surface area contributed by atoms with Crippen LogP contribution in [0, 0.1) is 5.41 Å². The van der Waals surface area contributed by atoms with E-state index in [1.165, 1.54) is 19.3 Å². The van der Waals surface area contributed by atoms with Crippen molar-refractivity contribution in [3.05, 3.63) is 0 Å². The van der Waals surface area contributed by atoms with Crippen LogP contribution in [0.1, 0.15) is 66.2 Å². The smallest absolute Gasteiger partial charge is 0.138 e. The van der Waals surface area contributed by atoms with Gasteiger partial charge in [0.2, 0.25) is 0 Å². The second-order valence-electron chi connectivity index (χ2n) is 4.15. The van der Waals surface area contributed by atoms with E-state index in [1.54, 1.807) is 0 Å². The summed E-state index contributed by atoms with van der Waals surface area (Å²) in [6.07, 6.45) is 6.45. The van der Waals surface area contributed by atoms with Gasteiger partial charge in [-0.3, -0.25) is 4.79 Å². The number of unbranched alkanes of at least 4 members (excludes halogenated alkanes) is 2. The number of ketones is 1. The summed E-state index contributed by atoms with van der Waals surface area (Å²) in [4.78, 5) is 11.7. The predicted molar refractivity (Wildman–Crippen MR) is 57.8 cm³/mol. The molecule has 0 fully saturated rings. The molecule has 0 aliphatic heterocycles. The molecule has 1 heteroatoms. The maximum absolute atomic E-state index is 11.7. The zero-order valence-electron chi connectivity index (χ0n) is 9.65. The van der Waals surface area contributed by atoms with Crippen molar-refractivity contribution >= 4 is 5.78 Å². The first kappa shape index (κ1) is 12.7. The first-order chi connectivity index (χ1) is 6.10. The van der Waals surface area contributed by atoms with Gasteiger partial charge in [0, 0.05) is 11.8 Å². The van der Waals surface area contributed by atoms with Crippen LogP contribution in [0.5, 0.6) is 0 Å². The van der Waals surface area contributed by atoms with E-state index in [4.69, 9.17) is 0 Å². The Labute approximate surface area is 82.9 Å². The lowest BCUT2D eigenvalue weighted by Gasteiger charge is -2.26. The van der Waals surface area contributed by atoms with E-state index in [1.807, 2.05) is 6.92 Å². The van der Waals surface area contributed by atoms with E-state index in [2.05, 4.69) is 20.8 Å². The van der Waals surface area contributed by atoms with Crippen molar-refractivity contribution in [2.75, 3.05) is 0 Å². The summed E-state index contributed by atoms with van der Waals surface area (Å²) < 4.78 is 0. The second kappa shape index (κ2) is 6.17. The first-order valence-electron chi connectivity index (χ1n) is 5.64. The summed E-state index contributed by atoms with van der Waals surface area (Å²) >= 11 is 0.